The fraction of sp³-hybridized carbons (Fsp3) is 0.462. The van der Waals surface area contributed by atoms with E-state index in [1.807, 2.05) is 0 Å². The summed E-state index contributed by atoms with van der Waals surface area (Å²) in [4.78, 5) is 21.7. The number of nitrogens with one attached hydrogen (secondary N) is 2. The highest BCUT2D eigenvalue weighted by Crippen LogP contribution is 2.19. The molecule has 2 rings (SSSR count). The molecule has 0 unspecified atom stereocenters. The summed E-state index contributed by atoms with van der Waals surface area (Å²) in [5, 5.41) is 16.5. The lowest BCUT2D eigenvalue weighted by Gasteiger charge is -2.27. The number of nitrogens with zero attached hydrogens (tertiary/aromatic N) is 2. The van der Waals surface area contributed by atoms with Crippen molar-refractivity contribution in [2.45, 2.75) is 4.90 Å². The third-order valence-electron chi connectivity index (χ3n) is 3.56. The van der Waals surface area contributed by atoms with Crippen LogP contribution in [0.1, 0.15) is 0 Å². The molecule has 0 bridgehead atoms. The lowest BCUT2D eigenvalue weighted by molar-refractivity contribution is -0.385. The first-order chi connectivity index (χ1) is 10.8. The van der Waals surface area contributed by atoms with E-state index in [0.717, 1.165) is 23.5 Å². The molecule has 1 amide bonds. The van der Waals surface area contributed by atoms with Crippen molar-refractivity contribution in [3.63, 3.8) is 0 Å². The molecule has 1 aromatic rings. The maximum atomic E-state index is 12.4. The summed E-state index contributed by atoms with van der Waals surface area (Å²) in [5.41, 5.74) is -0.318. The number of benzene rings is 1. The summed E-state index contributed by atoms with van der Waals surface area (Å²) in [6.45, 7) is 1.83. The number of hydrogen-bond acceptors (Lipinski definition) is 6. The Hall–Kier alpha value is -2.04. The van der Waals surface area contributed by atoms with Crippen LogP contribution in [0.2, 0.25) is 0 Å². The average Bonchev–Trinajstić information content (AvgIpc) is 2.45. The topological polar surface area (TPSA) is 122 Å². The van der Waals surface area contributed by atoms with E-state index in [2.05, 4.69) is 10.6 Å². The van der Waals surface area contributed by atoms with Crippen molar-refractivity contribution in [1.82, 2.24) is 14.9 Å². The SMILES string of the molecule is CN(CC(=O)NCC1CNC1)S(=O)(=O)c1cccc([N+](=O)[O-])c1. The van der Waals surface area contributed by atoms with Gasteiger partial charge >= 0.3 is 0 Å². The molecule has 9 nitrogen and oxygen atoms in total. The summed E-state index contributed by atoms with van der Waals surface area (Å²) < 4.78 is 25.6. The van der Waals surface area contributed by atoms with Crippen molar-refractivity contribution in [1.29, 1.82) is 0 Å². The normalized spacial score (nSPS) is 15.2. The van der Waals surface area contributed by atoms with E-state index in [1.165, 1.54) is 25.2 Å². The zero-order valence-electron chi connectivity index (χ0n) is 12.6. The van der Waals surface area contributed by atoms with Gasteiger partial charge in [-0.05, 0) is 6.07 Å². The number of hydrogen-bond donors (Lipinski definition) is 2. The van der Waals surface area contributed by atoms with E-state index in [9.17, 15) is 23.3 Å². The summed E-state index contributed by atoms with van der Waals surface area (Å²) in [7, 11) is -2.70. The van der Waals surface area contributed by atoms with Gasteiger partial charge in [0.15, 0.2) is 0 Å². The van der Waals surface area contributed by atoms with E-state index < -0.39 is 20.9 Å². The van der Waals surface area contributed by atoms with Crippen LogP contribution in [0.15, 0.2) is 29.2 Å². The number of nitro benzene ring substituents is 1. The van der Waals surface area contributed by atoms with Crippen molar-refractivity contribution < 1.29 is 18.1 Å². The minimum Gasteiger partial charge on any atom is -0.355 e. The van der Waals surface area contributed by atoms with Gasteiger partial charge in [-0.25, -0.2) is 8.42 Å². The van der Waals surface area contributed by atoms with E-state index in [1.54, 1.807) is 0 Å². The predicted molar refractivity (Wildman–Crippen MR) is 82.3 cm³/mol. The van der Waals surface area contributed by atoms with Crippen molar-refractivity contribution in [3.05, 3.63) is 34.4 Å². The number of likely N-dealkylation sites (N-methyl/N-ethyl adjacent to an activating group) is 1. The Labute approximate surface area is 133 Å². The van der Waals surface area contributed by atoms with Crippen LogP contribution >= 0.6 is 0 Å². The summed E-state index contributed by atoms with van der Waals surface area (Å²) in [6, 6.07) is 4.74. The van der Waals surface area contributed by atoms with E-state index in [0.29, 0.717) is 12.5 Å². The molecule has 1 aliphatic rings. The standard InChI is InChI=1S/C13H18N4O5S/c1-16(9-13(18)15-8-10-6-14-7-10)23(21,22)12-4-2-3-11(5-12)17(19)20/h2-5,10,14H,6-9H2,1H3,(H,15,18). The second kappa shape index (κ2) is 7.02. The number of nitro groups is 1. The molecule has 1 aromatic carbocycles. The molecule has 1 heterocycles. The summed E-state index contributed by atoms with van der Waals surface area (Å²) in [5.74, 6) is -0.0361. The molecule has 1 saturated heterocycles. The quantitative estimate of drug-likeness (QED) is 0.511. The molecule has 1 aliphatic heterocycles. The van der Waals surface area contributed by atoms with Crippen LogP contribution in [0.4, 0.5) is 5.69 Å². The maximum absolute atomic E-state index is 12.4. The first kappa shape index (κ1) is 17.3. The Balaban J connectivity index is 2.01. The van der Waals surface area contributed by atoms with Crippen LogP contribution in [0.25, 0.3) is 0 Å². The first-order valence-corrected chi connectivity index (χ1v) is 8.43. The largest absolute Gasteiger partial charge is 0.355 e. The number of carbonyl (C=O) groups is 1. The fourth-order valence-electron chi connectivity index (χ4n) is 2.03. The molecule has 10 heteroatoms. The van der Waals surface area contributed by atoms with Crippen molar-refractivity contribution in [3.8, 4) is 0 Å². The van der Waals surface area contributed by atoms with Gasteiger partial charge in [-0.1, -0.05) is 6.07 Å². The van der Waals surface area contributed by atoms with E-state index in [4.69, 9.17) is 0 Å². The third kappa shape index (κ3) is 4.24. The average molecular weight is 342 g/mol. The first-order valence-electron chi connectivity index (χ1n) is 6.99. The van der Waals surface area contributed by atoms with Crippen molar-refractivity contribution in [2.24, 2.45) is 5.92 Å². The molecular formula is C13H18N4O5S. The molecule has 0 atom stereocenters. The number of carbonyl (C=O) groups excluding carboxylic acids is 1. The Morgan fingerprint density at radius 3 is 2.74 bits per heavy atom. The minimum atomic E-state index is -3.96. The van der Waals surface area contributed by atoms with Gasteiger partial charge in [0, 0.05) is 44.7 Å². The second-order valence-electron chi connectivity index (χ2n) is 5.34. The van der Waals surface area contributed by atoms with Gasteiger partial charge in [0.2, 0.25) is 15.9 Å². The highest BCUT2D eigenvalue weighted by atomic mass is 32.2. The van der Waals surface area contributed by atoms with Gasteiger partial charge in [0.25, 0.3) is 5.69 Å². The third-order valence-corrected chi connectivity index (χ3v) is 5.36. The Morgan fingerprint density at radius 1 is 1.48 bits per heavy atom. The van der Waals surface area contributed by atoms with Crippen LogP contribution in [0, 0.1) is 16.0 Å². The predicted octanol–water partition coefficient (Wildman–Crippen LogP) is -0.449. The molecule has 23 heavy (non-hydrogen) atoms. The Morgan fingerprint density at radius 2 is 2.17 bits per heavy atom. The van der Waals surface area contributed by atoms with Gasteiger partial charge in [0.1, 0.15) is 0 Å². The highest BCUT2D eigenvalue weighted by Gasteiger charge is 2.25. The fourth-order valence-corrected chi connectivity index (χ4v) is 3.20. The van der Waals surface area contributed by atoms with Gasteiger partial charge in [0.05, 0.1) is 16.4 Å². The van der Waals surface area contributed by atoms with Gasteiger partial charge in [-0.3, -0.25) is 14.9 Å². The molecule has 1 fully saturated rings. The van der Waals surface area contributed by atoms with Crippen LogP contribution in [-0.4, -0.2) is 56.8 Å². The highest BCUT2D eigenvalue weighted by molar-refractivity contribution is 7.89. The molecule has 0 radical (unpaired) electrons. The van der Waals surface area contributed by atoms with Gasteiger partial charge < -0.3 is 10.6 Å². The lowest BCUT2D eigenvalue weighted by Crippen LogP contribution is -2.49. The molecule has 0 spiro atoms. The molecule has 0 saturated carbocycles. The zero-order valence-corrected chi connectivity index (χ0v) is 13.4. The summed E-state index contributed by atoms with van der Waals surface area (Å²) in [6.07, 6.45) is 0. The molecule has 126 valence electrons. The summed E-state index contributed by atoms with van der Waals surface area (Å²) >= 11 is 0. The second-order valence-corrected chi connectivity index (χ2v) is 7.39. The number of sulfonamides is 1. The van der Waals surface area contributed by atoms with Gasteiger partial charge in [-0.15, -0.1) is 0 Å². The minimum absolute atomic E-state index is 0.217. The monoisotopic (exact) mass is 342 g/mol. The number of amides is 1. The molecular weight excluding hydrogens is 324 g/mol. The van der Waals surface area contributed by atoms with Crippen molar-refractivity contribution in [2.75, 3.05) is 33.2 Å². The Kier molecular flexibility index (Phi) is 5.29. The number of rotatable bonds is 7. The van der Waals surface area contributed by atoms with Crippen LogP contribution in [-0.2, 0) is 14.8 Å². The lowest BCUT2D eigenvalue weighted by atomic mass is 10.0. The van der Waals surface area contributed by atoms with E-state index >= 15 is 0 Å². The van der Waals surface area contributed by atoms with E-state index in [-0.39, 0.29) is 17.1 Å². The molecule has 0 aliphatic carbocycles. The molecule has 0 aromatic heterocycles. The number of non-ortho nitro benzene ring substituents is 1. The van der Waals surface area contributed by atoms with Crippen molar-refractivity contribution >= 4 is 21.6 Å². The van der Waals surface area contributed by atoms with Crippen LogP contribution < -0.4 is 10.6 Å². The smallest absolute Gasteiger partial charge is 0.270 e. The zero-order chi connectivity index (χ0) is 17.0. The maximum Gasteiger partial charge on any atom is 0.270 e. The van der Waals surface area contributed by atoms with Crippen LogP contribution in [0.5, 0.6) is 0 Å². The Bertz CT molecular complexity index is 702. The van der Waals surface area contributed by atoms with Crippen LogP contribution in [0.3, 0.4) is 0 Å². The molecule has 2 N–H and O–H groups in total. The van der Waals surface area contributed by atoms with Gasteiger partial charge in [-0.2, -0.15) is 4.31 Å².